The van der Waals surface area contributed by atoms with Crippen molar-refractivity contribution in [3.05, 3.63) is 71.0 Å². The minimum Gasteiger partial charge on any atom is -0.493 e. The SMILES string of the molecule is O=C(CSc1nc(O)cc(=O)n1-c1ccccc1)Nc1nc2ccccc2s1. The number of hydrogen-bond donors (Lipinski definition) is 2. The summed E-state index contributed by atoms with van der Waals surface area (Å²) in [6.07, 6.45) is 0. The number of fused-ring (bicyclic) bond motifs is 1. The molecule has 2 aromatic carbocycles. The summed E-state index contributed by atoms with van der Waals surface area (Å²) >= 11 is 2.45. The third-order valence-corrected chi connectivity index (χ3v) is 5.65. The number of amides is 1. The van der Waals surface area contributed by atoms with Crippen molar-refractivity contribution in [2.45, 2.75) is 5.16 Å². The number of carbonyl (C=O) groups excluding carboxylic acids is 1. The number of carbonyl (C=O) groups is 1. The fourth-order valence-corrected chi connectivity index (χ4v) is 4.27. The highest BCUT2D eigenvalue weighted by molar-refractivity contribution is 7.99. The van der Waals surface area contributed by atoms with Crippen LogP contribution in [0.3, 0.4) is 0 Å². The number of thioether (sulfide) groups is 1. The van der Waals surface area contributed by atoms with Crippen LogP contribution in [0.2, 0.25) is 0 Å². The van der Waals surface area contributed by atoms with E-state index in [9.17, 15) is 14.7 Å². The molecule has 0 aliphatic heterocycles. The van der Waals surface area contributed by atoms with Gasteiger partial charge in [-0.3, -0.25) is 14.2 Å². The summed E-state index contributed by atoms with van der Waals surface area (Å²) in [7, 11) is 0. The molecule has 4 rings (SSSR count). The maximum atomic E-state index is 12.3. The van der Waals surface area contributed by atoms with Crippen LogP contribution in [0.25, 0.3) is 15.9 Å². The molecule has 4 aromatic rings. The van der Waals surface area contributed by atoms with Gasteiger partial charge in [-0.2, -0.15) is 4.98 Å². The van der Waals surface area contributed by atoms with Crippen LogP contribution in [-0.4, -0.2) is 31.3 Å². The van der Waals surface area contributed by atoms with E-state index in [2.05, 4.69) is 15.3 Å². The Bertz CT molecular complexity index is 1170. The number of nitrogens with one attached hydrogen (secondary N) is 1. The summed E-state index contributed by atoms with van der Waals surface area (Å²) in [4.78, 5) is 33.1. The number of rotatable bonds is 5. The van der Waals surface area contributed by atoms with Crippen molar-refractivity contribution in [3.8, 4) is 11.6 Å². The Morgan fingerprint density at radius 1 is 1.11 bits per heavy atom. The first-order chi connectivity index (χ1) is 13.6. The van der Waals surface area contributed by atoms with E-state index in [4.69, 9.17) is 0 Å². The topological polar surface area (TPSA) is 97.1 Å². The highest BCUT2D eigenvalue weighted by Crippen LogP contribution is 2.26. The van der Waals surface area contributed by atoms with Crippen molar-refractivity contribution in [2.75, 3.05) is 11.1 Å². The van der Waals surface area contributed by atoms with Gasteiger partial charge in [-0.25, -0.2) is 4.98 Å². The number of aromatic nitrogens is 3. The third kappa shape index (κ3) is 3.90. The van der Waals surface area contributed by atoms with Crippen molar-refractivity contribution in [1.29, 1.82) is 0 Å². The number of aromatic hydroxyl groups is 1. The van der Waals surface area contributed by atoms with Crippen LogP contribution in [0.4, 0.5) is 5.13 Å². The first kappa shape index (κ1) is 18.2. The number of hydrogen-bond acceptors (Lipinski definition) is 7. The van der Waals surface area contributed by atoms with E-state index >= 15 is 0 Å². The number of benzene rings is 2. The van der Waals surface area contributed by atoms with Gasteiger partial charge in [0, 0.05) is 0 Å². The molecule has 0 aliphatic rings. The highest BCUT2D eigenvalue weighted by Gasteiger charge is 2.14. The van der Waals surface area contributed by atoms with E-state index in [1.54, 1.807) is 24.3 Å². The molecule has 0 saturated carbocycles. The zero-order valence-electron chi connectivity index (χ0n) is 14.4. The first-order valence-corrected chi connectivity index (χ1v) is 10.1. The lowest BCUT2D eigenvalue weighted by atomic mass is 10.3. The van der Waals surface area contributed by atoms with Crippen LogP contribution < -0.4 is 10.9 Å². The average Bonchev–Trinajstić information content (AvgIpc) is 3.09. The van der Waals surface area contributed by atoms with E-state index in [1.807, 2.05) is 30.3 Å². The van der Waals surface area contributed by atoms with Gasteiger partial charge in [0.05, 0.1) is 27.7 Å². The quantitative estimate of drug-likeness (QED) is 0.387. The van der Waals surface area contributed by atoms with Crippen molar-refractivity contribution in [2.24, 2.45) is 0 Å². The molecular formula is C19H14N4O3S2. The van der Waals surface area contributed by atoms with Gasteiger partial charge >= 0.3 is 0 Å². The van der Waals surface area contributed by atoms with Gasteiger partial charge in [0.1, 0.15) is 0 Å². The molecule has 2 heterocycles. The third-order valence-electron chi connectivity index (χ3n) is 3.76. The second kappa shape index (κ2) is 7.83. The minimum absolute atomic E-state index is 0.0126. The van der Waals surface area contributed by atoms with Gasteiger partial charge in [0.25, 0.3) is 5.56 Å². The Balaban J connectivity index is 1.53. The Morgan fingerprint density at radius 2 is 1.86 bits per heavy atom. The maximum Gasteiger partial charge on any atom is 0.262 e. The fourth-order valence-electron chi connectivity index (χ4n) is 2.57. The lowest BCUT2D eigenvalue weighted by Gasteiger charge is -2.11. The van der Waals surface area contributed by atoms with Gasteiger partial charge in [-0.15, -0.1) is 0 Å². The summed E-state index contributed by atoms with van der Waals surface area (Å²) in [6, 6.07) is 17.6. The molecule has 0 bridgehead atoms. The molecule has 28 heavy (non-hydrogen) atoms. The summed E-state index contributed by atoms with van der Waals surface area (Å²) < 4.78 is 2.34. The van der Waals surface area contributed by atoms with Crippen molar-refractivity contribution in [3.63, 3.8) is 0 Å². The molecule has 0 atom stereocenters. The number of thiazole rings is 1. The van der Waals surface area contributed by atoms with Crippen molar-refractivity contribution in [1.82, 2.24) is 14.5 Å². The molecule has 9 heteroatoms. The molecule has 7 nitrogen and oxygen atoms in total. The predicted molar refractivity (Wildman–Crippen MR) is 110 cm³/mol. The molecule has 0 aliphatic carbocycles. The van der Waals surface area contributed by atoms with Crippen LogP contribution in [0.5, 0.6) is 5.88 Å². The lowest BCUT2D eigenvalue weighted by Crippen LogP contribution is -2.21. The largest absolute Gasteiger partial charge is 0.493 e. The van der Waals surface area contributed by atoms with Crippen LogP contribution in [0.1, 0.15) is 0 Å². The summed E-state index contributed by atoms with van der Waals surface area (Å²) in [5.74, 6) is -0.647. The second-order valence-corrected chi connectivity index (χ2v) is 7.70. The fraction of sp³-hybridized carbons (Fsp3) is 0.0526. The normalized spacial score (nSPS) is 10.9. The van der Waals surface area contributed by atoms with Gasteiger partial charge < -0.3 is 10.4 Å². The van der Waals surface area contributed by atoms with Crippen LogP contribution in [0.15, 0.2) is 70.6 Å². The smallest absolute Gasteiger partial charge is 0.262 e. The van der Waals surface area contributed by atoms with E-state index in [0.29, 0.717) is 10.8 Å². The monoisotopic (exact) mass is 410 g/mol. The molecule has 0 unspecified atom stereocenters. The van der Waals surface area contributed by atoms with Crippen molar-refractivity contribution >= 4 is 44.4 Å². The molecule has 2 aromatic heterocycles. The molecule has 140 valence electrons. The summed E-state index contributed by atoms with van der Waals surface area (Å²) in [6.45, 7) is 0. The average molecular weight is 410 g/mol. The Kier molecular flexibility index (Phi) is 5.09. The number of para-hydroxylation sites is 2. The standard InChI is InChI=1S/C19H14N4O3S2/c24-15-10-17(26)23(12-6-2-1-3-7-12)19(22-15)27-11-16(25)21-18-20-13-8-4-5-9-14(13)28-18/h1-10,24H,11H2,(H,20,21,25). The lowest BCUT2D eigenvalue weighted by molar-refractivity contribution is -0.113. The minimum atomic E-state index is -0.423. The second-order valence-electron chi connectivity index (χ2n) is 5.73. The molecule has 0 fully saturated rings. The molecule has 2 N–H and O–H groups in total. The van der Waals surface area contributed by atoms with Gasteiger partial charge in [-0.1, -0.05) is 53.4 Å². The first-order valence-electron chi connectivity index (χ1n) is 8.27. The molecule has 1 amide bonds. The molecule has 0 saturated heterocycles. The van der Waals surface area contributed by atoms with Crippen LogP contribution in [-0.2, 0) is 4.79 Å². The summed E-state index contributed by atoms with van der Waals surface area (Å²) in [5.41, 5.74) is 1.00. The Hall–Kier alpha value is -3.17. The van der Waals surface area contributed by atoms with Gasteiger partial charge in [-0.05, 0) is 24.3 Å². The molecule has 0 radical (unpaired) electrons. The van der Waals surface area contributed by atoms with E-state index in [1.165, 1.54) is 15.9 Å². The summed E-state index contributed by atoms with van der Waals surface area (Å²) in [5, 5.41) is 13.2. The zero-order chi connectivity index (χ0) is 19.5. The molecular weight excluding hydrogens is 396 g/mol. The van der Waals surface area contributed by atoms with Crippen LogP contribution >= 0.6 is 23.1 Å². The predicted octanol–water partition coefficient (Wildman–Crippen LogP) is 3.28. The number of anilines is 1. The van der Waals surface area contributed by atoms with Gasteiger partial charge in [0.15, 0.2) is 10.3 Å². The Labute approximate surface area is 167 Å². The number of nitrogens with zero attached hydrogens (tertiary/aromatic N) is 3. The highest BCUT2D eigenvalue weighted by atomic mass is 32.2. The van der Waals surface area contributed by atoms with Gasteiger partial charge in [0.2, 0.25) is 11.8 Å². The zero-order valence-corrected chi connectivity index (χ0v) is 16.0. The maximum absolute atomic E-state index is 12.3. The van der Waals surface area contributed by atoms with E-state index in [-0.39, 0.29) is 22.7 Å². The van der Waals surface area contributed by atoms with E-state index < -0.39 is 5.56 Å². The Morgan fingerprint density at radius 3 is 2.64 bits per heavy atom. The molecule has 0 spiro atoms. The van der Waals surface area contributed by atoms with Crippen molar-refractivity contribution < 1.29 is 9.90 Å². The van der Waals surface area contributed by atoms with Crippen LogP contribution in [0, 0.1) is 0 Å². The van der Waals surface area contributed by atoms with E-state index in [0.717, 1.165) is 28.0 Å².